The molecule has 2 N–H and O–H groups in total. The molecule has 0 heterocycles. The number of nitrogens with one attached hydrogen (secondary N) is 2. The molecule has 2 amide bonds. The van der Waals surface area contributed by atoms with Gasteiger partial charge in [0.25, 0.3) is 5.91 Å². The first-order valence-electron chi connectivity index (χ1n) is 9.46. The van der Waals surface area contributed by atoms with E-state index < -0.39 is 0 Å². The van der Waals surface area contributed by atoms with E-state index in [1.54, 1.807) is 0 Å². The van der Waals surface area contributed by atoms with Gasteiger partial charge in [-0.05, 0) is 59.9 Å². The maximum atomic E-state index is 12.8. The van der Waals surface area contributed by atoms with Crippen molar-refractivity contribution >= 4 is 39.9 Å². The number of hydrogen-bond acceptors (Lipinski definition) is 2. The Labute approximate surface area is 168 Å². The van der Waals surface area contributed by atoms with Crippen LogP contribution in [0.25, 0.3) is 10.8 Å². The van der Waals surface area contributed by atoms with E-state index in [2.05, 4.69) is 10.6 Å². The maximum Gasteiger partial charge on any atom is 0.253 e. The average Bonchev–Trinajstić information content (AvgIpc) is 3.53. The zero-order valence-electron chi connectivity index (χ0n) is 15.4. The summed E-state index contributed by atoms with van der Waals surface area (Å²) < 4.78 is 0. The molecule has 0 aromatic heterocycles. The van der Waals surface area contributed by atoms with Gasteiger partial charge in [0.1, 0.15) is 0 Å². The molecular formula is C23H21ClN2O2. The number of anilines is 1. The third kappa shape index (κ3) is 4.34. The second-order valence-electron chi connectivity index (χ2n) is 7.14. The lowest BCUT2D eigenvalue weighted by Gasteiger charge is -2.13. The van der Waals surface area contributed by atoms with Crippen molar-refractivity contribution in [3.8, 4) is 0 Å². The highest BCUT2D eigenvalue weighted by Gasteiger charge is 2.30. The highest BCUT2D eigenvalue weighted by molar-refractivity contribution is 6.30. The zero-order chi connectivity index (χ0) is 19.5. The van der Waals surface area contributed by atoms with Crippen molar-refractivity contribution in [1.82, 2.24) is 5.32 Å². The van der Waals surface area contributed by atoms with E-state index >= 15 is 0 Å². The van der Waals surface area contributed by atoms with Gasteiger partial charge >= 0.3 is 0 Å². The molecular weight excluding hydrogens is 372 g/mol. The van der Waals surface area contributed by atoms with Crippen LogP contribution in [0.5, 0.6) is 0 Å². The fourth-order valence-electron chi connectivity index (χ4n) is 3.22. The Hall–Kier alpha value is -2.85. The smallest absolute Gasteiger partial charge is 0.253 e. The minimum atomic E-state index is -0.195. The van der Waals surface area contributed by atoms with Crippen LogP contribution in [-0.4, -0.2) is 18.4 Å². The van der Waals surface area contributed by atoms with Gasteiger partial charge in [-0.3, -0.25) is 9.59 Å². The summed E-state index contributed by atoms with van der Waals surface area (Å²) in [7, 11) is 0. The fraction of sp³-hybridized carbons (Fsp3) is 0.217. The summed E-state index contributed by atoms with van der Waals surface area (Å²) in [6, 6.07) is 19.1. The standard InChI is InChI=1S/C23H21ClN2O2/c24-19-7-3-4-15(12-19)10-11-25-23(28)20-13-17-5-1-2-6-18(17)14-21(20)26-22(27)16-8-9-16/h1-7,12-14,16H,8-11H2,(H,25,28)(H,26,27). The molecule has 4 rings (SSSR count). The van der Waals surface area contributed by atoms with Crippen LogP contribution in [0.4, 0.5) is 5.69 Å². The fourth-order valence-corrected chi connectivity index (χ4v) is 3.43. The highest BCUT2D eigenvalue weighted by atomic mass is 35.5. The number of rotatable bonds is 6. The molecule has 1 saturated carbocycles. The molecule has 5 heteroatoms. The van der Waals surface area contributed by atoms with Crippen molar-refractivity contribution in [2.45, 2.75) is 19.3 Å². The van der Waals surface area contributed by atoms with E-state index in [1.807, 2.05) is 60.7 Å². The summed E-state index contributed by atoms with van der Waals surface area (Å²) in [5.74, 6) is -0.132. The van der Waals surface area contributed by atoms with Crippen molar-refractivity contribution in [2.24, 2.45) is 5.92 Å². The highest BCUT2D eigenvalue weighted by Crippen LogP contribution is 2.32. The number of fused-ring (bicyclic) bond motifs is 1. The van der Waals surface area contributed by atoms with Gasteiger partial charge in [0.05, 0.1) is 11.3 Å². The number of benzene rings is 3. The van der Waals surface area contributed by atoms with Crippen LogP contribution in [-0.2, 0) is 11.2 Å². The normalized spacial score (nSPS) is 13.3. The minimum absolute atomic E-state index is 0.0109. The average molecular weight is 393 g/mol. The molecule has 1 fully saturated rings. The third-order valence-electron chi connectivity index (χ3n) is 4.92. The number of carbonyl (C=O) groups excluding carboxylic acids is 2. The monoisotopic (exact) mass is 392 g/mol. The number of halogens is 1. The topological polar surface area (TPSA) is 58.2 Å². The second-order valence-corrected chi connectivity index (χ2v) is 7.58. The predicted octanol–water partition coefficient (Wildman–Crippen LogP) is 4.81. The van der Waals surface area contributed by atoms with Gasteiger partial charge in [-0.1, -0.05) is 48.0 Å². The van der Waals surface area contributed by atoms with Gasteiger partial charge in [-0.15, -0.1) is 0 Å². The Morgan fingerprint density at radius 2 is 1.71 bits per heavy atom. The van der Waals surface area contributed by atoms with Crippen molar-refractivity contribution in [2.75, 3.05) is 11.9 Å². The van der Waals surface area contributed by atoms with Crippen LogP contribution in [0.15, 0.2) is 60.7 Å². The van der Waals surface area contributed by atoms with Crippen LogP contribution < -0.4 is 10.6 Å². The van der Waals surface area contributed by atoms with E-state index in [0.29, 0.717) is 29.2 Å². The van der Waals surface area contributed by atoms with Crippen LogP contribution >= 0.6 is 11.6 Å². The minimum Gasteiger partial charge on any atom is -0.352 e. The quantitative estimate of drug-likeness (QED) is 0.632. The molecule has 0 unspecified atom stereocenters. The summed E-state index contributed by atoms with van der Waals surface area (Å²) in [5.41, 5.74) is 2.11. The number of carbonyl (C=O) groups is 2. The molecule has 1 aliphatic carbocycles. The molecule has 3 aromatic carbocycles. The molecule has 0 atom stereocenters. The molecule has 1 aliphatic rings. The summed E-state index contributed by atoms with van der Waals surface area (Å²) in [6.07, 6.45) is 2.52. The van der Waals surface area contributed by atoms with E-state index in [0.717, 1.165) is 29.2 Å². The van der Waals surface area contributed by atoms with Crippen LogP contribution in [0.3, 0.4) is 0 Å². The second kappa shape index (κ2) is 8.03. The molecule has 0 spiro atoms. The molecule has 0 bridgehead atoms. The molecule has 0 saturated heterocycles. The number of amides is 2. The number of hydrogen-bond donors (Lipinski definition) is 2. The molecule has 0 aliphatic heterocycles. The summed E-state index contributed by atoms with van der Waals surface area (Å²) >= 11 is 6.01. The third-order valence-corrected chi connectivity index (χ3v) is 5.16. The lowest BCUT2D eigenvalue weighted by atomic mass is 10.0. The first-order chi connectivity index (χ1) is 13.6. The molecule has 28 heavy (non-hydrogen) atoms. The van der Waals surface area contributed by atoms with Gasteiger partial charge in [-0.25, -0.2) is 0 Å². The van der Waals surface area contributed by atoms with Crippen molar-refractivity contribution in [3.63, 3.8) is 0 Å². The Morgan fingerprint density at radius 1 is 0.964 bits per heavy atom. The van der Waals surface area contributed by atoms with Gasteiger partial charge in [0.2, 0.25) is 5.91 Å². The molecule has 4 nitrogen and oxygen atoms in total. The predicted molar refractivity (Wildman–Crippen MR) is 113 cm³/mol. The lowest BCUT2D eigenvalue weighted by molar-refractivity contribution is -0.117. The van der Waals surface area contributed by atoms with E-state index in [9.17, 15) is 9.59 Å². The summed E-state index contributed by atoms with van der Waals surface area (Å²) in [5, 5.41) is 8.54. The Kier molecular flexibility index (Phi) is 5.31. The van der Waals surface area contributed by atoms with Crippen LogP contribution in [0, 0.1) is 5.92 Å². The first kappa shape index (κ1) is 18.5. The Morgan fingerprint density at radius 3 is 2.43 bits per heavy atom. The van der Waals surface area contributed by atoms with Gasteiger partial charge < -0.3 is 10.6 Å². The zero-order valence-corrected chi connectivity index (χ0v) is 16.1. The molecule has 142 valence electrons. The van der Waals surface area contributed by atoms with Crippen molar-refractivity contribution < 1.29 is 9.59 Å². The van der Waals surface area contributed by atoms with Gasteiger partial charge in [-0.2, -0.15) is 0 Å². The van der Waals surface area contributed by atoms with Crippen molar-refractivity contribution in [3.05, 3.63) is 76.8 Å². The van der Waals surface area contributed by atoms with E-state index in [4.69, 9.17) is 11.6 Å². The van der Waals surface area contributed by atoms with Crippen LogP contribution in [0.2, 0.25) is 5.02 Å². The first-order valence-corrected chi connectivity index (χ1v) is 9.84. The van der Waals surface area contributed by atoms with Gasteiger partial charge in [0, 0.05) is 17.5 Å². The molecule has 0 radical (unpaired) electrons. The van der Waals surface area contributed by atoms with E-state index in [-0.39, 0.29) is 17.7 Å². The Balaban J connectivity index is 1.52. The maximum absolute atomic E-state index is 12.8. The summed E-state index contributed by atoms with van der Waals surface area (Å²) in [4.78, 5) is 25.1. The Bertz CT molecular complexity index is 1040. The van der Waals surface area contributed by atoms with Crippen molar-refractivity contribution in [1.29, 1.82) is 0 Å². The summed E-state index contributed by atoms with van der Waals surface area (Å²) in [6.45, 7) is 0.488. The SMILES string of the molecule is O=C(NCCc1cccc(Cl)c1)c1cc2ccccc2cc1NC(=O)C1CC1. The largest absolute Gasteiger partial charge is 0.352 e. The van der Waals surface area contributed by atoms with E-state index in [1.165, 1.54) is 0 Å². The lowest BCUT2D eigenvalue weighted by Crippen LogP contribution is -2.27. The van der Waals surface area contributed by atoms with Crippen LogP contribution in [0.1, 0.15) is 28.8 Å². The molecule has 3 aromatic rings. The van der Waals surface area contributed by atoms with Gasteiger partial charge in [0.15, 0.2) is 0 Å².